The van der Waals surface area contributed by atoms with E-state index in [0.29, 0.717) is 35.7 Å². The first-order valence-electron chi connectivity index (χ1n) is 10.8. The molecular formula is C25H22BrClN2O6S. The zero-order valence-corrected chi connectivity index (χ0v) is 22.7. The minimum absolute atomic E-state index is 0.0634. The molecule has 1 aromatic heterocycles. The number of ether oxygens (including phenoxy) is 3. The molecule has 2 heterocycles. The summed E-state index contributed by atoms with van der Waals surface area (Å²) < 4.78 is 18.1. The van der Waals surface area contributed by atoms with Crippen LogP contribution in [0.5, 0.6) is 11.5 Å². The number of thiazole rings is 1. The highest BCUT2D eigenvalue weighted by Crippen LogP contribution is 2.34. The summed E-state index contributed by atoms with van der Waals surface area (Å²) in [4.78, 5) is 31.8. The summed E-state index contributed by atoms with van der Waals surface area (Å²) in [7, 11) is 2.96. The average Bonchev–Trinajstić information content (AvgIpc) is 3.15. The maximum atomic E-state index is 13.7. The first-order valence-corrected chi connectivity index (χ1v) is 12.7. The van der Waals surface area contributed by atoms with Crippen LogP contribution in [0.3, 0.4) is 0 Å². The highest BCUT2D eigenvalue weighted by atomic mass is 79.9. The van der Waals surface area contributed by atoms with Crippen molar-refractivity contribution in [2.45, 2.75) is 13.0 Å². The number of methoxy groups -OCH3 is 2. The molecule has 1 N–H and O–H groups in total. The molecule has 0 amide bonds. The zero-order valence-electron chi connectivity index (χ0n) is 19.6. The number of hydrogen-bond acceptors (Lipinski definition) is 8. The van der Waals surface area contributed by atoms with Gasteiger partial charge in [-0.2, -0.15) is 0 Å². The first-order chi connectivity index (χ1) is 17.2. The summed E-state index contributed by atoms with van der Waals surface area (Å²) in [5.74, 6) is -0.421. The number of halogens is 2. The van der Waals surface area contributed by atoms with Gasteiger partial charge in [-0.05, 0) is 42.8 Å². The molecule has 36 heavy (non-hydrogen) atoms. The number of carbonyl (C=O) groups excluding carboxylic acids is 1. The van der Waals surface area contributed by atoms with E-state index in [4.69, 9.17) is 25.8 Å². The van der Waals surface area contributed by atoms with E-state index in [-0.39, 0.29) is 35.8 Å². The fourth-order valence-electron chi connectivity index (χ4n) is 3.84. The normalized spacial score (nSPS) is 15.5. The third-order valence-corrected chi connectivity index (χ3v) is 7.22. The van der Waals surface area contributed by atoms with E-state index in [1.807, 2.05) is 0 Å². The molecule has 1 unspecified atom stereocenters. The molecule has 1 aliphatic heterocycles. The van der Waals surface area contributed by atoms with Crippen LogP contribution in [0.4, 0.5) is 0 Å². The number of aromatic nitrogens is 1. The highest BCUT2D eigenvalue weighted by Gasteiger charge is 2.33. The predicted octanol–water partition coefficient (Wildman–Crippen LogP) is 3.55. The van der Waals surface area contributed by atoms with Crippen LogP contribution in [0, 0.1) is 0 Å². The number of phenols is 1. The van der Waals surface area contributed by atoms with Gasteiger partial charge in [-0.25, -0.2) is 9.79 Å². The largest absolute Gasteiger partial charge is 0.504 e. The van der Waals surface area contributed by atoms with Gasteiger partial charge in [0, 0.05) is 22.2 Å². The van der Waals surface area contributed by atoms with Crippen LogP contribution in [0.15, 0.2) is 61.9 Å². The molecule has 8 nitrogen and oxygen atoms in total. The van der Waals surface area contributed by atoms with Crippen molar-refractivity contribution < 1.29 is 24.1 Å². The topological polar surface area (TPSA) is 99.4 Å². The summed E-state index contributed by atoms with van der Waals surface area (Å²) in [5, 5.41) is 11.1. The van der Waals surface area contributed by atoms with Crippen molar-refractivity contribution in [2.24, 2.45) is 4.99 Å². The van der Waals surface area contributed by atoms with Gasteiger partial charge in [-0.3, -0.25) is 9.36 Å². The zero-order chi connectivity index (χ0) is 26.0. The Hall–Kier alpha value is -2.92. The molecule has 0 saturated carbocycles. The summed E-state index contributed by atoms with van der Waals surface area (Å²) in [6, 6.07) is 9.44. The quantitative estimate of drug-likeness (QED) is 0.332. The smallest absolute Gasteiger partial charge is 0.338 e. The van der Waals surface area contributed by atoms with Gasteiger partial charge in [0.1, 0.15) is 6.61 Å². The van der Waals surface area contributed by atoms with Crippen molar-refractivity contribution in [1.82, 2.24) is 4.57 Å². The number of allylic oxidation sites excluding steroid dienone is 1. The Balaban J connectivity index is 1.91. The molecule has 0 bridgehead atoms. The molecule has 2 aromatic carbocycles. The van der Waals surface area contributed by atoms with Gasteiger partial charge in [0.25, 0.3) is 5.56 Å². The van der Waals surface area contributed by atoms with Gasteiger partial charge in [0.15, 0.2) is 16.3 Å². The van der Waals surface area contributed by atoms with E-state index in [2.05, 4.69) is 20.9 Å². The molecule has 11 heteroatoms. The Morgan fingerprint density at radius 3 is 2.64 bits per heavy atom. The fourth-order valence-corrected chi connectivity index (χ4v) is 5.46. The van der Waals surface area contributed by atoms with Crippen molar-refractivity contribution in [1.29, 1.82) is 0 Å². The molecule has 0 saturated heterocycles. The van der Waals surface area contributed by atoms with Crippen LogP contribution in [0.25, 0.3) is 6.08 Å². The lowest BCUT2D eigenvalue weighted by Gasteiger charge is -2.24. The van der Waals surface area contributed by atoms with Gasteiger partial charge in [-0.1, -0.05) is 51.0 Å². The molecular weight excluding hydrogens is 572 g/mol. The lowest BCUT2D eigenvalue weighted by Crippen LogP contribution is -2.40. The molecule has 1 aliphatic rings. The van der Waals surface area contributed by atoms with Gasteiger partial charge in [0.05, 0.1) is 35.6 Å². The summed E-state index contributed by atoms with van der Waals surface area (Å²) >= 11 is 10.6. The van der Waals surface area contributed by atoms with Crippen LogP contribution >= 0.6 is 38.9 Å². The highest BCUT2D eigenvalue weighted by molar-refractivity contribution is 9.10. The van der Waals surface area contributed by atoms with Gasteiger partial charge in [-0.15, -0.1) is 0 Å². The Morgan fingerprint density at radius 1 is 1.25 bits per heavy atom. The summed E-state index contributed by atoms with van der Waals surface area (Å²) in [6.07, 6.45) is 1.57. The lowest BCUT2D eigenvalue weighted by molar-refractivity contribution is -0.140. The first kappa shape index (κ1) is 26.2. The van der Waals surface area contributed by atoms with Crippen LogP contribution < -0.4 is 19.6 Å². The number of carbonyl (C=O) groups is 1. The molecule has 0 radical (unpaired) electrons. The Morgan fingerprint density at radius 2 is 1.97 bits per heavy atom. The van der Waals surface area contributed by atoms with Crippen molar-refractivity contribution >= 4 is 50.9 Å². The number of rotatable bonds is 7. The second kappa shape index (κ2) is 11.0. The molecule has 1 atom stereocenters. The number of hydrogen-bond donors (Lipinski definition) is 1. The van der Waals surface area contributed by atoms with E-state index >= 15 is 0 Å². The minimum Gasteiger partial charge on any atom is -0.504 e. The number of phenolic OH excluding ortho intramolecular Hbond substituents is 1. The maximum Gasteiger partial charge on any atom is 0.338 e. The van der Waals surface area contributed by atoms with Crippen molar-refractivity contribution in [3.8, 4) is 11.5 Å². The van der Waals surface area contributed by atoms with Gasteiger partial charge in [0.2, 0.25) is 0 Å². The number of fused-ring (bicyclic) bond motifs is 1. The third kappa shape index (κ3) is 5.12. The number of benzene rings is 2. The number of aromatic hydroxyl groups is 1. The van der Waals surface area contributed by atoms with E-state index < -0.39 is 12.0 Å². The second-order valence-electron chi connectivity index (χ2n) is 7.81. The number of nitrogens with zero attached hydrogens (tertiary/aromatic N) is 2. The maximum absolute atomic E-state index is 13.7. The SMILES string of the molecule is COCCOC(=O)C1=C(C)N=c2sc(=Cc3cc(Br)cc(OC)c3O)c(=O)n2C1c1ccc(Cl)cc1. The Bertz CT molecular complexity index is 1530. The number of esters is 1. The second-order valence-corrected chi connectivity index (χ2v) is 10.2. The van der Waals surface area contributed by atoms with Crippen LogP contribution in [0.2, 0.25) is 5.02 Å². The average molecular weight is 594 g/mol. The Kier molecular flexibility index (Phi) is 7.99. The molecule has 4 rings (SSSR count). The fraction of sp³-hybridized carbons (Fsp3) is 0.240. The van der Waals surface area contributed by atoms with Gasteiger partial charge < -0.3 is 19.3 Å². The van der Waals surface area contributed by atoms with E-state index in [1.165, 1.54) is 18.8 Å². The molecule has 0 fully saturated rings. The van der Waals surface area contributed by atoms with Crippen LogP contribution in [-0.4, -0.2) is 43.1 Å². The monoisotopic (exact) mass is 592 g/mol. The van der Waals surface area contributed by atoms with E-state index in [1.54, 1.807) is 49.4 Å². The molecule has 0 spiro atoms. The summed E-state index contributed by atoms with van der Waals surface area (Å²) in [6.45, 7) is 2.01. The van der Waals surface area contributed by atoms with Crippen molar-refractivity contribution in [3.05, 3.63) is 88.0 Å². The Labute approximate surface area is 223 Å². The van der Waals surface area contributed by atoms with Crippen LogP contribution in [0.1, 0.15) is 24.1 Å². The predicted molar refractivity (Wildman–Crippen MR) is 140 cm³/mol. The van der Waals surface area contributed by atoms with E-state index in [0.717, 1.165) is 11.3 Å². The van der Waals surface area contributed by atoms with E-state index in [9.17, 15) is 14.7 Å². The molecule has 188 valence electrons. The van der Waals surface area contributed by atoms with Gasteiger partial charge >= 0.3 is 5.97 Å². The lowest BCUT2D eigenvalue weighted by atomic mass is 9.96. The standard InChI is InChI=1S/C25H22BrClN2O6S/c1-13-20(24(32)35-9-8-33-2)21(14-4-6-17(27)7-5-14)29-23(31)19(36-25(29)28-13)11-15-10-16(26)12-18(34-3)22(15)30/h4-7,10-12,21,30H,8-9H2,1-3H3. The van der Waals surface area contributed by atoms with Crippen molar-refractivity contribution in [3.63, 3.8) is 0 Å². The summed E-state index contributed by atoms with van der Waals surface area (Å²) in [5.41, 5.74) is 1.39. The third-order valence-electron chi connectivity index (χ3n) is 5.52. The van der Waals surface area contributed by atoms with Crippen molar-refractivity contribution in [2.75, 3.05) is 27.4 Å². The van der Waals surface area contributed by atoms with Crippen LogP contribution in [-0.2, 0) is 14.3 Å². The molecule has 0 aliphatic carbocycles. The minimum atomic E-state index is -0.777. The molecule has 3 aromatic rings.